The van der Waals surface area contributed by atoms with E-state index in [-0.39, 0.29) is 13.6 Å². The van der Waals surface area contributed by atoms with Crippen LogP contribution in [0.2, 0.25) is 0 Å². The maximum absolute atomic E-state index is 12.3. The number of carboxylic acids is 2. The number of benzene rings is 2. The second kappa shape index (κ2) is 6.08. The monoisotopic (exact) mass is 372 g/mol. The molecule has 0 aliphatic carbocycles. The molecule has 0 saturated heterocycles. The number of aliphatic carboxylic acids is 2. The molecule has 2 unspecified atom stereocenters. The van der Waals surface area contributed by atoms with Crippen molar-refractivity contribution in [1.82, 2.24) is 0 Å². The molecular formula is C19H16O8. The minimum atomic E-state index is -1.76. The Morgan fingerprint density at radius 1 is 0.889 bits per heavy atom. The van der Waals surface area contributed by atoms with Crippen LogP contribution < -0.4 is 18.9 Å². The van der Waals surface area contributed by atoms with Crippen LogP contribution >= 0.6 is 0 Å². The van der Waals surface area contributed by atoms with Crippen LogP contribution in [0.4, 0.5) is 0 Å². The second-order valence-corrected chi connectivity index (χ2v) is 6.46. The number of hydrogen-bond donors (Lipinski definition) is 2. The van der Waals surface area contributed by atoms with Crippen LogP contribution in [0, 0.1) is 0 Å². The van der Waals surface area contributed by atoms with Gasteiger partial charge < -0.3 is 29.2 Å². The predicted octanol–water partition coefficient (Wildman–Crippen LogP) is 2.35. The highest BCUT2D eigenvalue weighted by molar-refractivity contribution is 5.92. The van der Waals surface area contributed by atoms with E-state index in [2.05, 4.69) is 0 Å². The van der Waals surface area contributed by atoms with Crippen LogP contribution in [0.25, 0.3) is 0 Å². The number of carbonyl (C=O) groups is 2. The van der Waals surface area contributed by atoms with Crippen molar-refractivity contribution in [2.75, 3.05) is 13.6 Å². The van der Waals surface area contributed by atoms with Crippen molar-refractivity contribution in [3.05, 3.63) is 47.5 Å². The molecule has 140 valence electrons. The van der Waals surface area contributed by atoms with Gasteiger partial charge in [-0.25, -0.2) is 0 Å². The third kappa shape index (κ3) is 2.61. The fourth-order valence-electron chi connectivity index (χ4n) is 3.45. The highest BCUT2D eigenvalue weighted by Gasteiger charge is 2.49. The summed E-state index contributed by atoms with van der Waals surface area (Å²) < 4.78 is 21.1. The van der Waals surface area contributed by atoms with E-state index in [1.807, 2.05) is 0 Å². The normalized spacial score (nSPS) is 17.2. The lowest BCUT2D eigenvalue weighted by atomic mass is 9.68. The standard InChI is InChI=1S/C19H16O8/c1-19(18(22)23,11-3-5-13-15(7-11)27-9-25-13)16(17(20)21)10-2-4-12-14(6-10)26-8-24-12/h2-7,16H,8-9H2,1H3,(H,20,21)(H,22,23). The third-order valence-electron chi connectivity index (χ3n) is 4.97. The largest absolute Gasteiger partial charge is 0.481 e. The molecule has 2 heterocycles. The lowest BCUT2D eigenvalue weighted by molar-refractivity contribution is -0.151. The van der Waals surface area contributed by atoms with Crippen molar-refractivity contribution in [1.29, 1.82) is 0 Å². The molecule has 0 amide bonds. The van der Waals surface area contributed by atoms with Crippen molar-refractivity contribution in [2.45, 2.75) is 18.3 Å². The number of hydrogen-bond acceptors (Lipinski definition) is 6. The third-order valence-corrected chi connectivity index (χ3v) is 4.97. The quantitative estimate of drug-likeness (QED) is 0.823. The van der Waals surface area contributed by atoms with Crippen molar-refractivity contribution < 1.29 is 38.7 Å². The van der Waals surface area contributed by atoms with Gasteiger partial charge in [-0.2, -0.15) is 0 Å². The average molecular weight is 372 g/mol. The minimum Gasteiger partial charge on any atom is -0.481 e. The van der Waals surface area contributed by atoms with E-state index in [0.717, 1.165) is 0 Å². The zero-order chi connectivity index (χ0) is 19.2. The van der Waals surface area contributed by atoms with E-state index in [1.54, 1.807) is 24.3 Å². The van der Waals surface area contributed by atoms with Gasteiger partial charge in [-0.1, -0.05) is 12.1 Å². The molecule has 0 bridgehead atoms. The summed E-state index contributed by atoms with van der Waals surface area (Å²) in [6, 6.07) is 9.27. The summed E-state index contributed by atoms with van der Waals surface area (Å²) in [6.45, 7) is 1.46. The molecule has 2 aliphatic heterocycles. The summed E-state index contributed by atoms with van der Waals surface area (Å²) in [6.07, 6.45) is 0. The molecule has 0 spiro atoms. The predicted molar refractivity (Wildman–Crippen MR) is 90.5 cm³/mol. The fraction of sp³-hybridized carbons (Fsp3) is 0.263. The first-order valence-electron chi connectivity index (χ1n) is 8.17. The maximum atomic E-state index is 12.3. The molecule has 2 aromatic rings. The number of fused-ring (bicyclic) bond motifs is 2. The lowest BCUT2D eigenvalue weighted by Crippen LogP contribution is -2.42. The number of carboxylic acid groups (broad SMARTS) is 2. The molecule has 0 aromatic heterocycles. The highest BCUT2D eigenvalue weighted by Crippen LogP contribution is 2.45. The molecule has 0 saturated carbocycles. The van der Waals surface area contributed by atoms with E-state index in [4.69, 9.17) is 18.9 Å². The van der Waals surface area contributed by atoms with Crippen LogP contribution in [0.1, 0.15) is 24.0 Å². The summed E-state index contributed by atoms with van der Waals surface area (Å²) in [5.41, 5.74) is -1.17. The smallest absolute Gasteiger partial charge is 0.315 e. The van der Waals surface area contributed by atoms with Crippen molar-refractivity contribution in [3.8, 4) is 23.0 Å². The first-order valence-corrected chi connectivity index (χ1v) is 8.17. The van der Waals surface area contributed by atoms with Gasteiger partial charge in [-0.05, 0) is 42.3 Å². The van der Waals surface area contributed by atoms with Crippen LogP contribution in [0.3, 0.4) is 0 Å². The Morgan fingerprint density at radius 3 is 2.04 bits per heavy atom. The molecule has 0 radical (unpaired) electrons. The summed E-state index contributed by atoms with van der Waals surface area (Å²) in [4.78, 5) is 24.5. The first kappa shape index (κ1) is 17.0. The SMILES string of the molecule is CC(C(=O)O)(c1ccc2c(c1)OCO2)C(C(=O)O)c1ccc2c(c1)OCO2. The molecule has 2 aliphatic rings. The minimum absolute atomic E-state index is 0.0348. The van der Waals surface area contributed by atoms with Crippen molar-refractivity contribution >= 4 is 11.9 Å². The summed E-state index contributed by atoms with van der Waals surface area (Å²) in [5, 5.41) is 19.9. The Bertz CT molecular complexity index is 937. The van der Waals surface area contributed by atoms with Gasteiger partial charge in [-0.15, -0.1) is 0 Å². The Morgan fingerprint density at radius 2 is 1.44 bits per heavy atom. The van der Waals surface area contributed by atoms with Crippen molar-refractivity contribution in [2.24, 2.45) is 0 Å². The molecule has 2 N–H and O–H groups in total. The van der Waals surface area contributed by atoms with Gasteiger partial charge in [0.05, 0.1) is 0 Å². The zero-order valence-electron chi connectivity index (χ0n) is 14.3. The summed E-state index contributed by atoms with van der Waals surface area (Å²) in [5.74, 6) is -2.16. The maximum Gasteiger partial charge on any atom is 0.315 e. The molecule has 4 rings (SSSR count). The van der Waals surface area contributed by atoms with Gasteiger partial charge in [0.15, 0.2) is 23.0 Å². The molecule has 27 heavy (non-hydrogen) atoms. The van der Waals surface area contributed by atoms with Gasteiger partial charge in [0.1, 0.15) is 11.3 Å². The Balaban J connectivity index is 1.85. The van der Waals surface area contributed by atoms with Crippen LogP contribution in [-0.4, -0.2) is 35.7 Å². The Kier molecular flexibility index (Phi) is 3.83. The van der Waals surface area contributed by atoms with Gasteiger partial charge >= 0.3 is 11.9 Å². The van der Waals surface area contributed by atoms with Crippen LogP contribution in [0.15, 0.2) is 36.4 Å². The van der Waals surface area contributed by atoms with Gasteiger partial charge in [0, 0.05) is 0 Å². The van der Waals surface area contributed by atoms with E-state index < -0.39 is 23.3 Å². The molecule has 8 nitrogen and oxygen atoms in total. The topological polar surface area (TPSA) is 112 Å². The van der Waals surface area contributed by atoms with Gasteiger partial charge in [-0.3, -0.25) is 9.59 Å². The first-order chi connectivity index (χ1) is 12.9. The van der Waals surface area contributed by atoms with E-state index in [9.17, 15) is 19.8 Å². The number of ether oxygens (including phenoxy) is 4. The second-order valence-electron chi connectivity index (χ2n) is 6.46. The van der Waals surface area contributed by atoms with Crippen LogP contribution in [0.5, 0.6) is 23.0 Å². The van der Waals surface area contributed by atoms with Crippen LogP contribution in [-0.2, 0) is 15.0 Å². The average Bonchev–Trinajstić information content (AvgIpc) is 3.29. The summed E-state index contributed by atoms with van der Waals surface area (Å²) in [7, 11) is 0. The molecule has 2 aromatic carbocycles. The summed E-state index contributed by atoms with van der Waals surface area (Å²) >= 11 is 0. The van der Waals surface area contributed by atoms with E-state index >= 15 is 0 Å². The Hall–Kier alpha value is -3.42. The Labute approximate surface area is 153 Å². The van der Waals surface area contributed by atoms with E-state index in [0.29, 0.717) is 34.1 Å². The highest BCUT2D eigenvalue weighted by atomic mass is 16.7. The molecular weight excluding hydrogens is 356 g/mol. The molecule has 0 fully saturated rings. The molecule has 2 atom stereocenters. The van der Waals surface area contributed by atoms with E-state index in [1.165, 1.54) is 19.1 Å². The fourth-order valence-corrected chi connectivity index (χ4v) is 3.45. The molecule has 8 heteroatoms. The van der Waals surface area contributed by atoms with Crippen molar-refractivity contribution in [3.63, 3.8) is 0 Å². The lowest BCUT2D eigenvalue weighted by Gasteiger charge is -2.32. The van der Waals surface area contributed by atoms with Gasteiger partial charge in [0.25, 0.3) is 0 Å². The van der Waals surface area contributed by atoms with Gasteiger partial charge in [0.2, 0.25) is 13.6 Å². The number of rotatable bonds is 5. The zero-order valence-corrected chi connectivity index (χ0v) is 14.3.